The maximum atomic E-state index is 12.4. The Bertz CT molecular complexity index is 955. The minimum absolute atomic E-state index is 0.0356. The Morgan fingerprint density at radius 1 is 1.11 bits per heavy atom. The maximum absolute atomic E-state index is 12.4. The van der Waals surface area contributed by atoms with Crippen molar-refractivity contribution < 1.29 is 13.2 Å². The van der Waals surface area contributed by atoms with Gasteiger partial charge >= 0.3 is 0 Å². The van der Waals surface area contributed by atoms with Gasteiger partial charge in [-0.15, -0.1) is 4.40 Å². The van der Waals surface area contributed by atoms with Gasteiger partial charge in [0.25, 0.3) is 10.0 Å². The van der Waals surface area contributed by atoms with Crippen molar-refractivity contribution in [3.8, 4) is 0 Å². The van der Waals surface area contributed by atoms with E-state index in [4.69, 9.17) is 0 Å². The Hall–Kier alpha value is -2.67. The molecule has 0 bridgehead atoms. The van der Waals surface area contributed by atoms with Gasteiger partial charge in [0.1, 0.15) is 4.90 Å². The van der Waals surface area contributed by atoms with Crippen molar-refractivity contribution in [3.05, 3.63) is 65.7 Å². The number of benzene rings is 2. The first-order valence-electron chi connectivity index (χ1n) is 8.89. The molecule has 6 nitrogen and oxygen atoms in total. The van der Waals surface area contributed by atoms with Crippen LogP contribution in [0.15, 0.2) is 63.9 Å². The molecule has 27 heavy (non-hydrogen) atoms. The molecule has 7 heteroatoms. The molecule has 1 atom stereocenters. The number of rotatable bonds is 6. The topological polar surface area (TPSA) is 78.8 Å². The molecule has 1 N–H and O–H groups in total. The Kier molecular flexibility index (Phi) is 5.60. The molecule has 0 aromatic heterocycles. The number of likely N-dealkylation sites (N-methyl/N-ethyl adjacent to an activating group) is 1. The second-order valence-corrected chi connectivity index (χ2v) is 8.13. The highest BCUT2D eigenvalue weighted by molar-refractivity contribution is 7.90. The Balaban J connectivity index is 1.63. The minimum atomic E-state index is -3.69. The van der Waals surface area contributed by atoms with E-state index >= 15 is 0 Å². The second-order valence-electron chi connectivity index (χ2n) is 6.56. The van der Waals surface area contributed by atoms with Crippen LogP contribution >= 0.6 is 0 Å². The second kappa shape index (κ2) is 7.92. The Morgan fingerprint density at radius 2 is 1.78 bits per heavy atom. The number of carbonyl (C=O) groups is 1. The lowest BCUT2D eigenvalue weighted by Gasteiger charge is -2.20. The largest absolute Gasteiger partial charge is 0.354 e. The third-order valence-electron chi connectivity index (χ3n) is 4.66. The van der Waals surface area contributed by atoms with Crippen LogP contribution in [0.3, 0.4) is 0 Å². The molecule has 2 aromatic carbocycles. The zero-order valence-corrected chi connectivity index (χ0v) is 16.2. The lowest BCUT2D eigenvalue weighted by molar-refractivity contribution is -0.121. The lowest BCUT2D eigenvalue weighted by atomic mass is 9.96. The summed E-state index contributed by atoms with van der Waals surface area (Å²) >= 11 is 0. The highest BCUT2D eigenvalue weighted by atomic mass is 32.2. The summed E-state index contributed by atoms with van der Waals surface area (Å²) in [5.74, 6) is 0.373. The molecule has 142 valence electrons. The van der Waals surface area contributed by atoms with Gasteiger partial charge in [-0.3, -0.25) is 4.79 Å². The molecular weight excluding hydrogens is 362 g/mol. The van der Waals surface area contributed by atoms with E-state index in [1.165, 1.54) is 11.6 Å². The molecule has 3 rings (SSSR count). The van der Waals surface area contributed by atoms with Crippen LogP contribution in [0, 0.1) is 0 Å². The number of nitrogens with one attached hydrogen (secondary N) is 1. The van der Waals surface area contributed by atoms with E-state index in [1.807, 2.05) is 18.2 Å². The number of sulfonamides is 1. The molecule has 0 fully saturated rings. The van der Waals surface area contributed by atoms with Gasteiger partial charge in [-0.25, -0.2) is 0 Å². The summed E-state index contributed by atoms with van der Waals surface area (Å²) in [6.45, 7) is 2.66. The average molecular weight is 385 g/mol. The zero-order chi connectivity index (χ0) is 19.4. The quantitative estimate of drug-likeness (QED) is 0.828. The van der Waals surface area contributed by atoms with Crippen LogP contribution in [-0.2, 0) is 14.8 Å². The summed E-state index contributed by atoms with van der Waals surface area (Å²) in [4.78, 5) is 14.1. The van der Waals surface area contributed by atoms with Crippen molar-refractivity contribution in [2.45, 2.75) is 24.2 Å². The predicted octanol–water partition coefficient (Wildman–Crippen LogP) is 2.38. The van der Waals surface area contributed by atoms with Crippen LogP contribution in [0.4, 0.5) is 0 Å². The number of hydrogen-bond donors (Lipinski definition) is 1. The smallest absolute Gasteiger partial charge is 0.285 e. The first-order valence-corrected chi connectivity index (χ1v) is 10.3. The van der Waals surface area contributed by atoms with Gasteiger partial charge in [0.15, 0.2) is 5.84 Å². The van der Waals surface area contributed by atoms with Crippen LogP contribution in [0.2, 0.25) is 0 Å². The van der Waals surface area contributed by atoms with Crippen molar-refractivity contribution in [1.29, 1.82) is 0 Å². The SMILES string of the molecule is CCC(CNC(=O)CN(C)C1=NS(=O)(=O)c2ccccc21)c1ccccc1. The van der Waals surface area contributed by atoms with Crippen molar-refractivity contribution in [2.75, 3.05) is 20.1 Å². The first kappa shape index (κ1) is 19.1. The molecule has 1 aliphatic rings. The van der Waals surface area contributed by atoms with Gasteiger partial charge in [-0.05, 0) is 24.1 Å². The molecular formula is C20H23N3O3S. The fraction of sp³-hybridized carbons (Fsp3) is 0.300. The number of carbonyl (C=O) groups excluding carboxylic acids is 1. The number of amides is 1. The Labute approximate surface area is 160 Å². The molecule has 1 aliphatic heterocycles. The molecule has 0 saturated carbocycles. The standard InChI is InChI=1S/C20H23N3O3S/c1-3-15(16-9-5-4-6-10-16)13-21-19(24)14-23(2)20-17-11-7-8-12-18(17)27(25,26)22-20/h4-12,15H,3,13-14H2,1-2H3,(H,21,24). The van der Waals surface area contributed by atoms with Crippen molar-refractivity contribution >= 4 is 21.8 Å². The number of nitrogens with zero attached hydrogens (tertiary/aromatic N) is 2. The van der Waals surface area contributed by atoms with Gasteiger partial charge in [0, 0.05) is 25.1 Å². The minimum Gasteiger partial charge on any atom is -0.354 e. The van der Waals surface area contributed by atoms with Gasteiger partial charge < -0.3 is 10.2 Å². The third-order valence-corrected chi connectivity index (χ3v) is 5.99. The fourth-order valence-electron chi connectivity index (χ4n) is 3.17. The molecule has 1 unspecified atom stereocenters. The van der Waals surface area contributed by atoms with Gasteiger partial charge in [-0.2, -0.15) is 8.42 Å². The van der Waals surface area contributed by atoms with E-state index in [2.05, 4.69) is 28.8 Å². The molecule has 1 heterocycles. The number of hydrogen-bond acceptors (Lipinski definition) is 4. The normalized spacial score (nSPS) is 15.6. The van der Waals surface area contributed by atoms with Gasteiger partial charge in [-0.1, -0.05) is 49.4 Å². The number of fused-ring (bicyclic) bond motifs is 1. The maximum Gasteiger partial charge on any atom is 0.285 e. The van der Waals surface area contributed by atoms with E-state index < -0.39 is 10.0 Å². The summed E-state index contributed by atoms with van der Waals surface area (Å²) in [5.41, 5.74) is 1.72. The van der Waals surface area contributed by atoms with E-state index in [0.717, 1.165) is 6.42 Å². The van der Waals surface area contributed by atoms with Crippen LogP contribution in [0.5, 0.6) is 0 Å². The van der Waals surface area contributed by atoms with Crippen LogP contribution in [0.25, 0.3) is 0 Å². The highest BCUT2D eigenvalue weighted by Gasteiger charge is 2.30. The summed E-state index contributed by atoms with van der Waals surface area (Å²) in [6, 6.07) is 16.7. The molecule has 0 aliphatic carbocycles. The summed E-state index contributed by atoms with van der Waals surface area (Å²) in [7, 11) is -2.02. The molecule has 0 radical (unpaired) electrons. The zero-order valence-electron chi connectivity index (χ0n) is 15.4. The van der Waals surface area contributed by atoms with E-state index in [1.54, 1.807) is 30.1 Å². The first-order chi connectivity index (χ1) is 12.9. The van der Waals surface area contributed by atoms with Crippen LogP contribution < -0.4 is 5.32 Å². The molecule has 2 aromatic rings. The summed E-state index contributed by atoms with van der Waals surface area (Å²) < 4.78 is 28.1. The summed E-state index contributed by atoms with van der Waals surface area (Å²) in [5, 5.41) is 2.95. The monoisotopic (exact) mass is 385 g/mol. The van der Waals surface area contributed by atoms with Crippen LogP contribution in [-0.4, -0.2) is 45.2 Å². The fourth-order valence-corrected chi connectivity index (χ4v) is 4.42. The van der Waals surface area contributed by atoms with Crippen LogP contribution in [0.1, 0.15) is 30.4 Å². The third kappa shape index (κ3) is 4.19. The predicted molar refractivity (Wildman–Crippen MR) is 105 cm³/mol. The summed E-state index contributed by atoms with van der Waals surface area (Å²) in [6.07, 6.45) is 0.915. The Morgan fingerprint density at radius 3 is 2.48 bits per heavy atom. The van der Waals surface area contributed by atoms with Crippen molar-refractivity contribution in [3.63, 3.8) is 0 Å². The van der Waals surface area contributed by atoms with Gasteiger partial charge in [0.2, 0.25) is 5.91 Å². The average Bonchev–Trinajstić information content (AvgIpc) is 2.95. The van der Waals surface area contributed by atoms with E-state index in [-0.39, 0.29) is 23.3 Å². The highest BCUT2D eigenvalue weighted by Crippen LogP contribution is 2.26. The van der Waals surface area contributed by atoms with Crippen molar-refractivity contribution in [1.82, 2.24) is 10.2 Å². The van der Waals surface area contributed by atoms with E-state index in [9.17, 15) is 13.2 Å². The molecule has 0 spiro atoms. The lowest BCUT2D eigenvalue weighted by Crippen LogP contribution is -2.39. The van der Waals surface area contributed by atoms with Gasteiger partial charge in [0.05, 0.1) is 6.54 Å². The molecule has 0 saturated heterocycles. The van der Waals surface area contributed by atoms with Crippen molar-refractivity contribution in [2.24, 2.45) is 4.40 Å². The van der Waals surface area contributed by atoms with E-state index in [0.29, 0.717) is 17.9 Å². The molecule has 1 amide bonds. The number of amidine groups is 1.